The first kappa shape index (κ1) is 20.5. The van der Waals surface area contributed by atoms with E-state index in [1.54, 1.807) is 0 Å². The summed E-state index contributed by atoms with van der Waals surface area (Å²) < 4.78 is 2.02. The maximum atomic E-state index is 12.4. The minimum absolute atomic E-state index is 0.0680. The highest BCUT2D eigenvalue weighted by Gasteiger charge is 2.18. The van der Waals surface area contributed by atoms with E-state index < -0.39 is 0 Å². The van der Waals surface area contributed by atoms with Crippen LogP contribution in [0.2, 0.25) is 0 Å². The van der Waals surface area contributed by atoms with Crippen molar-refractivity contribution < 1.29 is 4.79 Å². The Balaban J connectivity index is 1.45. The Kier molecular flexibility index (Phi) is 7.03. The van der Waals surface area contributed by atoms with Crippen molar-refractivity contribution in [2.24, 2.45) is 0 Å². The fourth-order valence-electron chi connectivity index (χ4n) is 3.73. The van der Waals surface area contributed by atoms with E-state index in [1.165, 1.54) is 31.0 Å². The summed E-state index contributed by atoms with van der Waals surface area (Å²) in [6.07, 6.45) is 5.87. The molecule has 6 nitrogen and oxygen atoms in total. The van der Waals surface area contributed by atoms with Crippen molar-refractivity contribution in [2.75, 3.05) is 11.1 Å². The molecule has 30 heavy (non-hydrogen) atoms. The van der Waals surface area contributed by atoms with Crippen LogP contribution in [0.5, 0.6) is 0 Å². The van der Waals surface area contributed by atoms with Crippen molar-refractivity contribution in [1.29, 1.82) is 0 Å². The van der Waals surface area contributed by atoms with Gasteiger partial charge in [0.05, 0.1) is 12.3 Å². The summed E-state index contributed by atoms with van der Waals surface area (Å²) >= 11 is 1.43. The number of hydrogen-bond donors (Lipinski definition) is 2. The Morgan fingerprint density at radius 2 is 1.67 bits per heavy atom. The Bertz CT molecular complexity index is 939. The Morgan fingerprint density at radius 3 is 2.40 bits per heavy atom. The molecule has 0 aliphatic heterocycles. The van der Waals surface area contributed by atoms with E-state index in [0.717, 1.165) is 35.2 Å². The minimum atomic E-state index is 0.0680. The molecule has 2 N–H and O–H groups in total. The lowest BCUT2D eigenvalue weighted by Crippen LogP contribution is -2.37. The van der Waals surface area contributed by atoms with E-state index in [-0.39, 0.29) is 5.91 Å². The molecule has 2 aromatic carbocycles. The molecule has 0 unspecified atom stereocenters. The van der Waals surface area contributed by atoms with Gasteiger partial charge in [0.2, 0.25) is 5.91 Å². The Hall–Kier alpha value is -2.80. The number of aromatic nitrogens is 3. The van der Waals surface area contributed by atoms with Crippen molar-refractivity contribution in [3.63, 3.8) is 0 Å². The number of nitrogens with one attached hydrogen (secondary N) is 2. The molecule has 7 heteroatoms. The first-order chi connectivity index (χ1) is 14.8. The minimum Gasteiger partial charge on any atom is -0.378 e. The largest absolute Gasteiger partial charge is 0.378 e. The van der Waals surface area contributed by atoms with Crippen LogP contribution in [0.25, 0.3) is 5.69 Å². The molecule has 4 rings (SSSR count). The molecule has 0 radical (unpaired) electrons. The maximum absolute atomic E-state index is 12.4. The molecule has 156 valence electrons. The third-order valence-electron chi connectivity index (χ3n) is 5.24. The van der Waals surface area contributed by atoms with E-state index in [9.17, 15) is 4.79 Å². The van der Waals surface area contributed by atoms with Crippen LogP contribution in [-0.4, -0.2) is 32.5 Å². The van der Waals surface area contributed by atoms with Crippen molar-refractivity contribution in [1.82, 2.24) is 20.1 Å². The summed E-state index contributed by atoms with van der Waals surface area (Å²) in [5.41, 5.74) is 2.02. The molecule has 0 atom stereocenters. The van der Waals surface area contributed by atoms with Crippen LogP contribution >= 0.6 is 11.8 Å². The molecule has 0 saturated heterocycles. The molecular formula is C23H27N5OS. The fourth-order valence-corrected chi connectivity index (χ4v) is 4.51. The lowest BCUT2D eigenvalue weighted by molar-refractivity contribution is -0.119. The summed E-state index contributed by atoms with van der Waals surface area (Å²) in [5.74, 6) is 1.21. The lowest BCUT2D eigenvalue weighted by atomic mass is 9.95. The third kappa shape index (κ3) is 5.42. The van der Waals surface area contributed by atoms with Crippen LogP contribution in [0, 0.1) is 0 Å². The number of amides is 1. The van der Waals surface area contributed by atoms with Gasteiger partial charge in [-0.05, 0) is 37.1 Å². The fraction of sp³-hybridized carbons (Fsp3) is 0.348. The van der Waals surface area contributed by atoms with E-state index in [2.05, 4.69) is 20.8 Å². The van der Waals surface area contributed by atoms with Gasteiger partial charge in [0.25, 0.3) is 0 Å². The van der Waals surface area contributed by atoms with Crippen LogP contribution < -0.4 is 10.6 Å². The molecule has 1 fully saturated rings. The normalized spacial score (nSPS) is 14.4. The van der Waals surface area contributed by atoms with Crippen LogP contribution in [0.1, 0.15) is 37.9 Å². The zero-order chi connectivity index (χ0) is 20.6. The SMILES string of the molecule is O=C(CSc1nnc(CNc2ccccc2)n1-c1ccccc1)NC1CCCCC1. The van der Waals surface area contributed by atoms with Gasteiger partial charge in [-0.3, -0.25) is 9.36 Å². The predicted molar refractivity (Wildman–Crippen MR) is 121 cm³/mol. The van der Waals surface area contributed by atoms with E-state index in [4.69, 9.17) is 0 Å². The maximum Gasteiger partial charge on any atom is 0.230 e. The first-order valence-electron chi connectivity index (χ1n) is 10.5. The number of para-hydroxylation sites is 2. The first-order valence-corrected chi connectivity index (χ1v) is 11.5. The number of anilines is 1. The van der Waals surface area contributed by atoms with Crippen molar-refractivity contribution in [2.45, 2.75) is 49.8 Å². The molecule has 1 amide bonds. The topological polar surface area (TPSA) is 71.8 Å². The molecule has 1 aliphatic rings. The molecule has 0 spiro atoms. The highest BCUT2D eigenvalue weighted by Crippen LogP contribution is 2.23. The van der Waals surface area contributed by atoms with Crippen molar-refractivity contribution >= 4 is 23.4 Å². The summed E-state index contributed by atoms with van der Waals surface area (Å²) in [5, 5.41) is 16.1. The van der Waals surface area contributed by atoms with Gasteiger partial charge >= 0.3 is 0 Å². The number of thioether (sulfide) groups is 1. The average Bonchev–Trinajstić information content (AvgIpc) is 3.21. The Morgan fingerprint density at radius 1 is 0.967 bits per heavy atom. The molecule has 1 saturated carbocycles. The third-order valence-corrected chi connectivity index (χ3v) is 6.17. The van der Waals surface area contributed by atoms with Gasteiger partial charge in [-0.1, -0.05) is 67.4 Å². The number of benzene rings is 2. The van der Waals surface area contributed by atoms with E-state index in [0.29, 0.717) is 18.3 Å². The summed E-state index contributed by atoms with van der Waals surface area (Å²) in [4.78, 5) is 12.4. The van der Waals surface area contributed by atoms with E-state index in [1.807, 2.05) is 65.2 Å². The van der Waals surface area contributed by atoms with E-state index >= 15 is 0 Å². The predicted octanol–water partition coefficient (Wildman–Crippen LogP) is 4.42. The summed E-state index contributed by atoms with van der Waals surface area (Å²) in [6.45, 7) is 0.542. The van der Waals surface area contributed by atoms with Gasteiger partial charge in [0, 0.05) is 17.4 Å². The Labute approximate surface area is 181 Å². The van der Waals surface area contributed by atoms with Crippen LogP contribution in [0.15, 0.2) is 65.8 Å². The standard InChI is InChI=1S/C23H27N5OS/c29-22(25-19-12-6-2-7-13-19)17-30-23-27-26-21(16-24-18-10-4-1-5-11-18)28(23)20-14-8-3-9-15-20/h1,3-5,8-11,14-15,19,24H,2,6-7,12-13,16-17H2,(H,25,29). The second kappa shape index (κ2) is 10.3. The summed E-state index contributed by atoms with van der Waals surface area (Å²) in [6, 6.07) is 20.4. The second-order valence-corrected chi connectivity index (χ2v) is 8.42. The van der Waals surface area contributed by atoms with Gasteiger partial charge in [0.1, 0.15) is 0 Å². The number of carbonyl (C=O) groups excluding carboxylic acids is 1. The molecule has 1 aliphatic carbocycles. The zero-order valence-electron chi connectivity index (χ0n) is 17.0. The van der Waals surface area contributed by atoms with Crippen molar-refractivity contribution in [3.05, 3.63) is 66.5 Å². The van der Waals surface area contributed by atoms with Gasteiger partial charge in [-0.2, -0.15) is 0 Å². The molecule has 3 aromatic rings. The molecule has 0 bridgehead atoms. The number of nitrogens with zero attached hydrogens (tertiary/aromatic N) is 3. The quantitative estimate of drug-likeness (QED) is 0.527. The van der Waals surface area contributed by atoms with Crippen LogP contribution in [0.3, 0.4) is 0 Å². The molecular weight excluding hydrogens is 394 g/mol. The highest BCUT2D eigenvalue weighted by atomic mass is 32.2. The second-order valence-electron chi connectivity index (χ2n) is 7.48. The molecule has 1 heterocycles. The van der Waals surface area contributed by atoms with Gasteiger partial charge in [-0.15, -0.1) is 10.2 Å². The van der Waals surface area contributed by atoms with Crippen molar-refractivity contribution in [3.8, 4) is 5.69 Å². The number of rotatable bonds is 8. The summed E-state index contributed by atoms with van der Waals surface area (Å²) in [7, 11) is 0. The number of hydrogen-bond acceptors (Lipinski definition) is 5. The lowest BCUT2D eigenvalue weighted by Gasteiger charge is -2.22. The average molecular weight is 422 g/mol. The van der Waals surface area contributed by atoms with Crippen LogP contribution in [0.4, 0.5) is 5.69 Å². The zero-order valence-corrected chi connectivity index (χ0v) is 17.8. The van der Waals surface area contributed by atoms with Gasteiger partial charge in [-0.25, -0.2) is 0 Å². The highest BCUT2D eigenvalue weighted by molar-refractivity contribution is 7.99. The monoisotopic (exact) mass is 421 g/mol. The van der Waals surface area contributed by atoms with Gasteiger partial charge < -0.3 is 10.6 Å². The number of carbonyl (C=O) groups is 1. The molecule has 1 aromatic heterocycles. The van der Waals surface area contributed by atoms with Gasteiger partial charge in [0.15, 0.2) is 11.0 Å². The smallest absolute Gasteiger partial charge is 0.230 e. The van der Waals surface area contributed by atoms with Crippen LogP contribution in [-0.2, 0) is 11.3 Å².